The predicted molar refractivity (Wildman–Crippen MR) is 59.0 cm³/mol. The van der Waals surface area contributed by atoms with E-state index in [0.29, 0.717) is 0 Å². The van der Waals surface area contributed by atoms with Crippen LogP contribution >= 0.6 is 0 Å². The van der Waals surface area contributed by atoms with Crippen molar-refractivity contribution in [2.24, 2.45) is 16.5 Å². The average Bonchev–Trinajstić information content (AvgIpc) is 2.15. The molecule has 0 aromatic rings. The second kappa shape index (κ2) is 8.53. The average molecular weight is 199 g/mol. The molecule has 4 N–H and O–H groups in total. The van der Waals surface area contributed by atoms with Crippen molar-refractivity contribution in [3.63, 3.8) is 0 Å². The molecule has 0 aliphatic heterocycles. The highest BCUT2D eigenvalue weighted by atomic mass is 16.1. The first-order valence-electron chi connectivity index (χ1n) is 5.24. The van der Waals surface area contributed by atoms with E-state index in [-0.39, 0.29) is 12.0 Å². The van der Waals surface area contributed by atoms with E-state index >= 15 is 0 Å². The van der Waals surface area contributed by atoms with Gasteiger partial charge in [0.1, 0.15) is 12.3 Å². The van der Waals surface area contributed by atoms with E-state index in [9.17, 15) is 4.79 Å². The molecular formula is C10H21N3O. The maximum Gasteiger partial charge on any atom is 0.186 e. The molecule has 4 heteroatoms. The van der Waals surface area contributed by atoms with Crippen molar-refractivity contribution < 1.29 is 4.79 Å². The van der Waals surface area contributed by atoms with Gasteiger partial charge in [-0.3, -0.25) is 0 Å². The second-order valence-electron chi connectivity index (χ2n) is 3.46. The van der Waals surface area contributed by atoms with Crippen molar-refractivity contribution in [3.8, 4) is 0 Å². The van der Waals surface area contributed by atoms with Crippen LogP contribution in [0.1, 0.15) is 45.4 Å². The summed E-state index contributed by atoms with van der Waals surface area (Å²) in [6.45, 7) is 2.17. The Hall–Kier alpha value is -1.06. The van der Waals surface area contributed by atoms with Crippen molar-refractivity contribution in [1.29, 1.82) is 0 Å². The molecule has 0 aliphatic rings. The number of carbonyl (C=O) groups excluding carboxylic acids is 1. The Balaban J connectivity index is 3.53. The summed E-state index contributed by atoms with van der Waals surface area (Å²) in [5.41, 5.74) is 10.4. The van der Waals surface area contributed by atoms with E-state index in [1.165, 1.54) is 19.3 Å². The van der Waals surface area contributed by atoms with E-state index in [1.807, 2.05) is 0 Å². The van der Waals surface area contributed by atoms with Crippen LogP contribution in [0, 0.1) is 0 Å². The highest BCUT2D eigenvalue weighted by Gasteiger charge is 2.04. The fraction of sp³-hybridized carbons (Fsp3) is 0.800. The Bertz CT molecular complexity index is 176. The van der Waals surface area contributed by atoms with Gasteiger partial charge in [-0.25, -0.2) is 4.99 Å². The number of carbonyl (C=O) groups is 1. The van der Waals surface area contributed by atoms with E-state index < -0.39 is 0 Å². The van der Waals surface area contributed by atoms with Crippen molar-refractivity contribution in [3.05, 3.63) is 0 Å². The van der Waals surface area contributed by atoms with Gasteiger partial charge >= 0.3 is 0 Å². The van der Waals surface area contributed by atoms with E-state index in [1.54, 1.807) is 0 Å². The lowest BCUT2D eigenvalue weighted by Crippen LogP contribution is -2.26. The van der Waals surface area contributed by atoms with Crippen LogP contribution in [0.5, 0.6) is 0 Å². The van der Waals surface area contributed by atoms with Crippen LogP contribution in [0.25, 0.3) is 0 Å². The lowest BCUT2D eigenvalue weighted by molar-refractivity contribution is -0.109. The molecule has 0 heterocycles. The molecule has 0 aromatic carbocycles. The zero-order valence-corrected chi connectivity index (χ0v) is 8.91. The molecule has 0 bridgehead atoms. The van der Waals surface area contributed by atoms with Crippen LogP contribution in [0.2, 0.25) is 0 Å². The molecule has 1 atom stereocenters. The monoisotopic (exact) mass is 199 g/mol. The number of aldehydes is 1. The minimum Gasteiger partial charge on any atom is -0.370 e. The van der Waals surface area contributed by atoms with Crippen LogP contribution in [-0.2, 0) is 4.79 Å². The first-order chi connectivity index (χ1) is 6.70. The first-order valence-corrected chi connectivity index (χ1v) is 5.24. The Labute approximate surface area is 85.8 Å². The lowest BCUT2D eigenvalue weighted by Gasteiger charge is -2.04. The molecule has 4 nitrogen and oxygen atoms in total. The van der Waals surface area contributed by atoms with Gasteiger partial charge in [-0.05, 0) is 6.42 Å². The number of aliphatic imine (C=N–C) groups is 1. The van der Waals surface area contributed by atoms with Gasteiger partial charge in [0, 0.05) is 0 Å². The number of nitrogens with two attached hydrogens (primary N) is 2. The van der Waals surface area contributed by atoms with Gasteiger partial charge in [0.05, 0.1) is 0 Å². The van der Waals surface area contributed by atoms with Crippen molar-refractivity contribution in [2.75, 3.05) is 0 Å². The van der Waals surface area contributed by atoms with Crippen LogP contribution < -0.4 is 11.5 Å². The van der Waals surface area contributed by atoms with Gasteiger partial charge in [0.25, 0.3) is 0 Å². The number of rotatable bonds is 8. The summed E-state index contributed by atoms with van der Waals surface area (Å²) in [5.74, 6) is -0.00402. The van der Waals surface area contributed by atoms with E-state index in [2.05, 4.69) is 11.9 Å². The minimum atomic E-state index is -0.346. The smallest absolute Gasteiger partial charge is 0.186 e. The summed E-state index contributed by atoms with van der Waals surface area (Å²) in [4.78, 5) is 14.4. The van der Waals surface area contributed by atoms with Gasteiger partial charge in [-0.2, -0.15) is 0 Å². The third-order valence-electron chi connectivity index (χ3n) is 2.08. The zero-order chi connectivity index (χ0) is 10.8. The molecule has 82 valence electrons. The maximum atomic E-state index is 10.5. The molecule has 0 aliphatic carbocycles. The van der Waals surface area contributed by atoms with Crippen molar-refractivity contribution in [1.82, 2.24) is 0 Å². The van der Waals surface area contributed by atoms with E-state index in [0.717, 1.165) is 25.5 Å². The Morgan fingerprint density at radius 2 is 1.93 bits per heavy atom. The summed E-state index contributed by atoms with van der Waals surface area (Å²) >= 11 is 0. The summed E-state index contributed by atoms with van der Waals surface area (Å²) < 4.78 is 0. The van der Waals surface area contributed by atoms with Crippen molar-refractivity contribution >= 4 is 12.2 Å². The SMILES string of the molecule is CCCCCCCC(C=O)N=C(N)N. The van der Waals surface area contributed by atoms with Crippen LogP contribution in [0.4, 0.5) is 0 Å². The molecular weight excluding hydrogens is 178 g/mol. The number of hydrogen-bond donors (Lipinski definition) is 2. The number of unbranched alkanes of at least 4 members (excludes halogenated alkanes) is 4. The fourth-order valence-corrected chi connectivity index (χ4v) is 1.31. The predicted octanol–water partition coefficient (Wildman–Crippen LogP) is 1.19. The normalized spacial score (nSPS) is 12.1. The molecule has 0 fully saturated rings. The summed E-state index contributed by atoms with van der Waals surface area (Å²) in [5, 5.41) is 0. The van der Waals surface area contributed by atoms with Crippen LogP contribution in [0.3, 0.4) is 0 Å². The molecule has 0 saturated carbocycles. The second-order valence-corrected chi connectivity index (χ2v) is 3.46. The molecule has 1 unspecified atom stereocenters. The molecule has 0 aromatic heterocycles. The number of nitrogens with zero attached hydrogens (tertiary/aromatic N) is 1. The molecule has 0 radical (unpaired) electrons. The summed E-state index contributed by atoms with van der Waals surface area (Å²) in [6.07, 6.45) is 7.44. The van der Waals surface area contributed by atoms with Gasteiger partial charge in [-0.1, -0.05) is 39.0 Å². The first kappa shape index (κ1) is 12.9. The Morgan fingerprint density at radius 3 is 2.43 bits per heavy atom. The van der Waals surface area contributed by atoms with Crippen LogP contribution in [0.15, 0.2) is 4.99 Å². The Morgan fingerprint density at radius 1 is 1.29 bits per heavy atom. The fourth-order valence-electron chi connectivity index (χ4n) is 1.31. The lowest BCUT2D eigenvalue weighted by atomic mass is 10.1. The highest BCUT2D eigenvalue weighted by Crippen LogP contribution is 2.07. The summed E-state index contributed by atoms with van der Waals surface area (Å²) in [7, 11) is 0. The Kier molecular flexibility index (Phi) is 7.89. The number of hydrogen-bond acceptors (Lipinski definition) is 2. The summed E-state index contributed by atoms with van der Waals surface area (Å²) in [6, 6.07) is -0.346. The largest absolute Gasteiger partial charge is 0.370 e. The quantitative estimate of drug-likeness (QED) is 0.266. The van der Waals surface area contributed by atoms with Gasteiger partial charge < -0.3 is 16.3 Å². The van der Waals surface area contributed by atoms with Crippen LogP contribution in [-0.4, -0.2) is 18.3 Å². The number of guanidine groups is 1. The van der Waals surface area contributed by atoms with E-state index in [4.69, 9.17) is 11.5 Å². The third-order valence-corrected chi connectivity index (χ3v) is 2.08. The van der Waals surface area contributed by atoms with Gasteiger partial charge in [0.2, 0.25) is 0 Å². The van der Waals surface area contributed by atoms with Gasteiger partial charge in [0.15, 0.2) is 5.96 Å². The third kappa shape index (κ3) is 7.58. The molecule has 0 saturated heterocycles. The zero-order valence-electron chi connectivity index (χ0n) is 8.91. The highest BCUT2D eigenvalue weighted by molar-refractivity contribution is 5.78. The van der Waals surface area contributed by atoms with Crippen molar-refractivity contribution in [2.45, 2.75) is 51.5 Å². The topological polar surface area (TPSA) is 81.5 Å². The van der Waals surface area contributed by atoms with Gasteiger partial charge in [-0.15, -0.1) is 0 Å². The molecule has 0 spiro atoms. The molecule has 0 amide bonds. The molecule has 0 rings (SSSR count). The molecule has 14 heavy (non-hydrogen) atoms. The standard InChI is InChI=1S/C10H21N3O/c1-2-3-4-5-6-7-9(8-14)13-10(11)12/h8-9H,2-7H2,1H3,(H4,11,12,13). The maximum absolute atomic E-state index is 10.5. The minimum absolute atomic E-state index is 0.00402.